The predicted octanol–water partition coefficient (Wildman–Crippen LogP) is 3.30. The van der Waals surface area contributed by atoms with Gasteiger partial charge in [-0.05, 0) is 37.9 Å². The van der Waals surface area contributed by atoms with Crippen molar-refractivity contribution in [3.63, 3.8) is 0 Å². The third-order valence-corrected chi connectivity index (χ3v) is 4.57. The Kier molecular flexibility index (Phi) is 4.16. The van der Waals surface area contributed by atoms with Crippen LogP contribution in [0.15, 0.2) is 12.1 Å². The van der Waals surface area contributed by atoms with Gasteiger partial charge in [-0.1, -0.05) is 19.3 Å². The maximum Gasteiger partial charge on any atom is 0.123 e. The summed E-state index contributed by atoms with van der Waals surface area (Å²) in [5.41, 5.74) is 2.47. The van der Waals surface area contributed by atoms with Crippen molar-refractivity contribution >= 4 is 0 Å². The van der Waals surface area contributed by atoms with Crippen LogP contribution in [0.5, 0.6) is 11.5 Å². The Morgan fingerprint density at radius 3 is 2.90 bits per heavy atom. The van der Waals surface area contributed by atoms with Gasteiger partial charge in [-0.15, -0.1) is 0 Å². The molecule has 1 aliphatic heterocycles. The van der Waals surface area contributed by atoms with Crippen LogP contribution in [-0.4, -0.2) is 19.8 Å². The summed E-state index contributed by atoms with van der Waals surface area (Å²) in [6.07, 6.45) is 6.86. The number of fused-ring (bicyclic) bond motifs is 1. The van der Waals surface area contributed by atoms with Crippen LogP contribution < -0.4 is 14.8 Å². The molecule has 0 bridgehead atoms. The Bertz CT molecular complexity index is 468. The topological polar surface area (TPSA) is 30.5 Å². The fraction of sp³-hybridized carbons (Fsp3) is 0.647. The summed E-state index contributed by atoms with van der Waals surface area (Å²) in [5, 5.41) is 3.54. The van der Waals surface area contributed by atoms with Crippen molar-refractivity contribution in [2.45, 2.75) is 51.7 Å². The first-order valence-corrected chi connectivity index (χ1v) is 7.83. The van der Waals surface area contributed by atoms with E-state index in [9.17, 15) is 0 Å². The van der Waals surface area contributed by atoms with Gasteiger partial charge in [-0.2, -0.15) is 0 Å². The van der Waals surface area contributed by atoms with Crippen molar-refractivity contribution in [2.75, 3.05) is 13.7 Å². The van der Waals surface area contributed by atoms with Crippen LogP contribution >= 0.6 is 0 Å². The van der Waals surface area contributed by atoms with E-state index in [1.165, 1.54) is 36.8 Å². The monoisotopic (exact) mass is 275 g/mol. The molecule has 1 unspecified atom stereocenters. The second-order valence-electron chi connectivity index (χ2n) is 6.17. The molecule has 1 fully saturated rings. The molecule has 110 valence electrons. The van der Waals surface area contributed by atoms with Crippen LogP contribution in [0, 0.1) is 5.92 Å². The van der Waals surface area contributed by atoms with Crippen LogP contribution in [0.2, 0.25) is 0 Å². The Balaban J connectivity index is 1.58. The van der Waals surface area contributed by atoms with Gasteiger partial charge in [0.2, 0.25) is 0 Å². The third kappa shape index (κ3) is 2.93. The van der Waals surface area contributed by atoms with Crippen LogP contribution in [0.25, 0.3) is 0 Å². The standard InChI is InChI=1S/C17H25NO2/c1-12-8-14-9-16(19-2)15(10-17(14)20-12)11-18-7-6-13-4-3-5-13/h9-10,12-13,18H,3-8,11H2,1-2H3. The van der Waals surface area contributed by atoms with Crippen molar-refractivity contribution in [2.24, 2.45) is 5.92 Å². The molecular formula is C17H25NO2. The van der Waals surface area contributed by atoms with E-state index in [0.29, 0.717) is 0 Å². The highest BCUT2D eigenvalue weighted by atomic mass is 16.5. The number of ether oxygens (including phenoxy) is 2. The summed E-state index contributed by atoms with van der Waals surface area (Å²) in [5.74, 6) is 2.99. The molecule has 1 saturated carbocycles. The minimum atomic E-state index is 0.288. The zero-order valence-electron chi connectivity index (χ0n) is 12.6. The van der Waals surface area contributed by atoms with Crippen LogP contribution in [-0.2, 0) is 13.0 Å². The maximum absolute atomic E-state index is 5.83. The van der Waals surface area contributed by atoms with Crippen molar-refractivity contribution in [3.8, 4) is 11.5 Å². The van der Waals surface area contributed by atoms with E-state index in [1.54, 1.807) is 7.11 Å². The lowest BCUT2D eigenvalue weighted by molar-refractivity contribution is 0.254. The zero-order valence-corrected chi connectivity index (χ0v) is 12.6. The van der Waals surface area contributed by atoms with Crippen molar-refractivity contribution in [3.05, 3.63) is 23.3 Å². The van der Waals surface area contributed by atoms with E-state index in [2.05, 4.69) is 24.4 Å². The van der Waals surface area contributed by atoms with E-state index >= 15 is 0 Å². The molecule has 20 heavy (non-hydrogen) atoms. The van der Waals surface area contributed by atoms with Gasteiger partial charge in [0, 0.05) is 24.1 Å². The lowest BCUT2D eigenvalue weighted by atomic mass is 9.83. The molecule has 0 amide bonds. The molecule has 0 radical (unpaired) electrons. The minimum absolute atomic E-state index is 0.288. The summed E-state index contributed by atoms with van der Waals surface area (Å²) in [4.78, 5) is 0. The molecule has 3 nitrogen and oxygen atoms in total. The molecule has 1 aliphatic carbocycles. The summed E-state index contributed by atoms with van der Waals surface area (Å²) in [6, 6.07) is 4.29. The molecule has 1 atom stereocenters. The Morgan fingerprint density at radius 2 is 2.20 bits per heavy atom. The first-order chi connectivity index (χ1) is 9.76. The lowest BCUT2D eigenvalue weighted by Gasteiger charge is -2.25. The number of nitrogens with one attached hydrogen (secondary N) is 1. The van der Waals surface area contributed by atoms with E-state index in [1.807, 2.05) is 0 Å². The third-order valence-electron chi connectivity index (χ3n) is 4.57. The zero-order chi connectivity index (χ0) is 13.9. The molecule has 2 aliphatic rings. The molecule has 1 aromatic rings. The van der Waals surface area contributed by atoms with Crippen molar-refractivity contribution in [1.29, 1.82) is 0 Å². The van der Waals surface area contributed by atoms with Gasteiger partial charge in [-0.25, -0.2) is 0 Å². The first-order valence-electron chi connectivity index (χ1n) is 7.83. The fourth-order valence-electron chi connectivity index (χ4n) is 3.12. The number of methoxy groups -OCH3 is 1. The van der Waals surface area contributed by atoms with Gasteiger partial charge in [0.05, 0.1) is 7.11 Å². The SMILES string of the molecule is COc1cc2c(cc1CNCCC1CCC1)OC(C)C2. The van der Waals surface area contributed by atoms with Crippen molar-refractivity contribution in [1.82, 2.24) is 5.32 Å². The van der Waals surface area contributed by atoms with E-state index in [0.717, 1.165) is 36.9 Å². The average molecular weight is 275 g/mol. The highest BCUT2D eigenvalue weighted by Crippen LogP contribution is 2.35. The number of hydrogen-bond donors (Lipinski definition) is 1. The highest BCUT2D eigenvalue weighted by Gasteiger charge is 2.21. The second-order valence-corrected chi connectivity index (χ2v) is 6.17. The molecule has 1 aromatic carbocycles. The minimum Gasteiger partial charge on any atom is -0.496 e. The van der Waals surface area contributed by atoms with Gasteiger partial charge in [-0.3, -0.25) is 0 Å². The van der Waals surface area contributed by atoms with Crippen LogP contribution in [0.4, 0.5) is 0 Å². The Hall–Kier alpha value is -1.22. The van der Waals surface area contributed by atoms with Crippen LogP contribution in [0.3, 0.4) is 0 Å². The Morgan fingerprint density at radius 1 is 1.35 bits per heavy atom. The van der Waals surface area contributed by atoms with Gasteiger partial charge < -0.3 is 14.8 Å². The highest BCUT2D eigenvalue weighted by molar-refractivity contribution is 5.48. The molecule has 3 rings (SSSR count). The van der Waals surface area contributed by atoms with Gasteiger partial charge in [0.25, 0.3) is 0 Å². The number of benzene rings is 1. The maximum atomic E-state index is 5.83. The van der Waals surface area contributed by atoms with E-state index in [4.69, 9.17) is 9.47 Å². The lowest BCUT2D eigenvalue weighted by Crippen LogP contribution is -2.21. The summed E-state index contributed by atoms with van der Waals surface area (Å²) >= 11 is 0. The van der Waals surface area contributed by atoms with Gasteiger partial charge in [0.15, 0.2) is 0 Å². The molecule has 0 saturated heterocycles. The molecule has 1 N–H and O–H groups in total. The fourth-order valence-corrected chi connectivity index (χ4v) is 3.12. The Labute approximate surface area is 121 Å². The summed E-state index contributed by atoms with van der Waals surface area (Å²) in [7, 11) is 1.75. The molecular weight excluding hydrogens is 250 g/mol. The number of hydrogen-bond acceptors (Lipinski definition) is 3. The molecule has 0 aromatic heterocycles. The number of rotatable bonds is 6. The van der Waals surface area contributed by atoms with Crippen LogP contribution in [0.1, 0.15) is 43.7 Å². The van der Waals surface area contributed by atoms with E-state index in [-0.39, 0.29) is 6.10 Å². The molecule has 1 heterocycles. The predicted molar refractivity (Wildman–Crippen MR) is 80.5 cm³/mol. The largest absolute Gasteiger partial charge is 0.496 e. The summed E-state index contributed by atoms with van der Waals surface area (Å²) in [6.45, 7) is 4.08. The van der Waals surface area contributed by atoms with E-state index < -0.39 is 0 Å². The normalized spacial score (nSPS) is 21.2. The summed E-state index contributed by atoms with van der Waals surface area (Å²) < 4.78 is 11.4. The first kappa shape index (κ1) is 13.7. The second kappa shape index (κ2) is 6.04. The average Bonchev–Trinajstić information content (AvgIpc) is 2.74. The van der Waals surface area contributed by atoms with Gasteiger partial charge in [0.1, 0.15) is 17.6 Å². The quantitative estimate of drug-likeness (QED) is 0.808. The van der Waals surface area contributed by atoms with Gasteiger partial charge >= 0.3 is 0 Å². The molecule has 0 spiro atoms. The smallest absolute Gasteiger partial charge is 0.123 e. The molecule has 3 heteroatoms. The van der Waals surface area contributed by atoms with Crippen molar-refractivity contribution < 1.29 is 9.47 Å².